The molecule has 0 N–H and O–H groups in total. The van der Waals surface area contributed by atoms with Gasteiger partial charge >= 0.3 is 0 Å². The Hall–Kier alpha value is -1.24. The van der Waals surface area contributed by atoms with Crippen molar-refractivity contribution in [2.24, 2.45) is 4.99 Å². The second-order valence-electron chi connectivity index (χ2n) is 4.62. The van der Waals surface area contributed by atoms with Crippen LogP contribution in [0.2, 0.25) is 0 Å². The number of hydrogen-bond donors (Lipinski definition) is 0. The zero-order chi connectivity index (χ0) is 15.0. The van der Waals surface area contributed by atoms with Crippen molar-refractivity contribution in [1.82, 2.24) is 4.57 Å². The monoisotopic (exact) mass is 380 g/mol. The minimum Gasteiger partial charge on any atom is -0.317 e. The summed E-state index contributed by atoms with van der Waals surface area (Å²) < 4.78 is 4.19. The number of thiophene rings is 1. The molecule has 0 fully saturated rings. The lowest BCUT2D eigenvalue weighted by molar-refractivity contribution is 0.100. The molecule has 2 aromatic heterocycles. The van der Waals surface area contributed by atoms with Crippen LogP contribution in [0.1, 0.15) is 22.2 Å². The number of halogens is 1. The lowest BCUT2D eigenvalue weighted by Gasteiger charge is -2.00. The van der Waals surface area contributed by atoms with Gasteiger partial charge < -0.3 is 4.57 Å². The Morgan fingerprint density at radius 3 is 2.76 bits per heavy atom. The molecule has 0 aliphatic carbocycles. The molecule has 0 atom stereocenters. The highest BCUT2D eigenvalue weighted by Crippen LogP contribution is 2.23. The average Bonchev–Trinajstić information content (AvgIpc) is 3.01. The Bertz CT molecular complexity index is 889. The summed E-state index contributed by atoms with van der Waals surface area (Å²) in [6.45, 7) is 4.93. The molecule has 0 saturated carbocycles. The van der Waals surface area contributed by atoms with E-state index in [1.54, 1.807) is 17.4 Å². The van der Waals surface area contributed by atoms with Gasteiger partial charge in [0.25, 0.3) is 5.91 Å². The second kappa shape index (κ2) is 5.87. The van der Waals surface area contributed by atoms with Crippen LogP contribution in [0.3, 0.4) is 0 Å². The standard InChI is InChI=1S/C15H13BrN2OS2/c1-3-18-10-5-4-9(2)8-12(10)21-15(18)17-14(19)11-6-7-13(16)20-11/h4-8H,3H2,1-2H3. The molecule has 0 saturated heterocycles. The number of amides is 1. The van der Waals surface area contributed by atoms with E-state index in [0.717, 1.165) is 25.3 Å². The number of thiazole rings is 1. The van der Waals surface area contributed by atoms with Gasteiger partial charge in [-0.25, -0.2) is 0 Å². The molecule has 0 aliphatic heterocycles. The van der Waals surface area contributed by atoms with Crippen LogP contribution >= 0.6 is 38.6 Å². The van der Waals surface area contributed by atoms with Crippen LogP contribution in [0, 0.1) is 6.92 Å². The van der Waals surface area contributed by atoms with Gasteiger partial charge in [0.1, 0.15) is 0 Å². The van der Waals surface area contributed by atoms with Gasteiger partial charge in [-0.1, -0.05) is 17.4 Å². The van der Waals surface area contributed by atoms with Crippen molar-refractivity contribution in [3.05, 3.63) is 49.4 Å². The van der Waals surface area contributed by atoms with Crippen molar-refractivity contribution in [2.75, 3.05) is 0 Å². The molecule has 2 heterocycles. The molecule has 3 aromatic rings. The molecule has 0 spiro atoms. The first-order chi connectivity index (χ1) is 10.1. The molecule has 21 heavy (non-hydrogen) atoms. The van der Waals surface area contributed by atoms with Gasteiger partial charge in [-0.2, -0.15) is 4.99 Å². The molecular formula is C15H13BrN2OS2. The van der Waals surface area contributed by atoms with Crippen molar-refractivity contribution < 1.29 is 4.79 Å². The van der Waals surface area contributed by atoms with E-state index in [0.29, 0.717) is 4.88 Å². The number of rotatable bonds is 2. The van der Waals surface area contributed by atoms with E-state index in [1.165, 1.54) is 16.9 Å². The molecule has 1 amide bonds. The Morgan fingerprint density at radius 2 is 2.10 bits per heavy atom. The molecule has 6 heteroatoms. The fourth-order valence-corrected chi connectivity index (χ4v) is 4.60. The maximum Gasteiger partial charge on any atom is 0.289 e. The molecule has 108 valence electrons. The molecular weight excluding hydrogens is 368 g/mol. The van der Waals surface area contributed by atoms with Crippen molar-refractivity contribution in [3.63, 3.8) is 0 Å². The summed E-state index contributed by atoms with van der Waals surface area (Å²) in [6.07, 6.45) is 0. The van der Waals surface area contributed by atoms with Gasteiger partial charge in [0.15, 0.2) is 4.80 Å². The van der Waals surface area contributed by atoms with Gasteiger partial charge in [0, 0.05) is 6.54 Å². The summed E-state index contributed by atoms with van der Waals surface area (Å²) in [4.78, 5) is 18.0. The van der Waals surface area contributed by atoms with Crippen LogP contribution in [-0.2, 0) is 6.54 Å². The maximum atomic E-state index is 12.3. The predicted octanol–water partition coefficient (Wildman–Crippen LogP) is 4.60. The Balaban J connectivity index is 2.15. The van der Waals surface area contributed by atoms with Gasteiger partial charge in [0.05, 0.1) is 18.9 Å². The quantitative estimate of drug-likeness (QED) is 0.639. The number of benzene rings is 1. The zero-order valence-electron chi connectivity index (χ0n) is 11.6. The number of nitrogens with zero attached hydrogens (tertiary/aromatic N) is 2. The number of aromatic nitrogens is 1. The fraction of sp³-hybridized carbons (Fsp3) is 0.200. The third-order valence-corrected chi connectivity index (χ3v) is 5.79. The first-order valence-electron chi connectivity index (χ1n) is 6.53. The zero-order valence-corrected chi connectivity index (χ0v) is 14.8. The highest BCUT2D eigenvalue weighted by molar-refractivity contribution is 9.11. The molecule has 0 bridgehead atoms. The van der Waals surface area contributed by atoms with Crippen LogP contribution in [0.5, 0.6) is 0 Å². The van der Waals surface area contributed by atoms with Crippen LogP contribution in [0.15, 0.2) is 39.1 Å². The van der Waals surface area contributed by atoms with E-state index in [1.807, 2.05) is 6.07 Å². The summed E-state index contributed by atoms with van der Waals surface area (Å²) in [5.41, 5.74) is 2.35. The van der Waals surface area contributed by atoms with Crippen LogP contribution in [-0.4, -0.2) is 10.5 Å². The fourth-order valence-electron chi connectivity index (χ4n) is 2.14. The van der Waals surface area contributed by atoms with E-state index in [9.17, 15) is 4.79 Å². The van der Waals surface area contributed by atoms with Gasteiger partial charge in [-0.3, -0.25) is 4.79 Å². The minimum atomic E-state index is -0.184. The number of carbonyl (C=O) groups excluding carboxylic acids is 1. The molecule has 1 aromatic carbocycles. The average molecular weight is 381 g/mol. The number of fused-ring (bicyclic) bond motifs is 1. The highest BCUT2D eigenvalue weighted by atomic mass is 79.9. The van der Waals surface area contributed by atoms with Crippen molar-refractivity contribution in [3.8, 4) is 0 Å². The molecule has 0 radical (unpaired) electrons. The van der Waals surface area contributed by atoms with E-state index in [4.69, 9.17) is 0 Å². The van der Waals surface area contributed by atoms with E-state index >= 15 is 0 Å². The molecule has 0 aliphatic rings. The topological polar surface area (TPSA) is 34.4 Å². The summed E-state index contributed by atoms with van der Waals surface area (Å²) in [5, 5.41) is 0. The lowest BCUT2D eigenvalue weighted by atomic mass is 10.2. The Morgan fingerprint density at radius 1 is 1.29 bits per heavy atom. The summed E-state index contributed by atoms with van der Waals surface area (Å²) in [6, 6.07) is 9.99. The summed E-state index contributed by atoms with van der Waals surface area (Å²) in [7, 11) is 0. The molecule has 3 nitrogen and oxygen atoms in total. The normalized spacial score (nSPS) is 12.2. The Kier molecular flexibility index (Phi) is 4.10. The van der Waals surface area contributed by atoms with E-state index < -0.39 is 0 Å². The van der Waals surface area contributed by atoms with Crippen molar-refractivity contribution >= 4 is 54.7 Å². The van der Waals surface area contributed by atoms with Crippen molar-refractivity contribution in [1.29, 1.82) is 0 Å². The second-order valence-corrected chi connectivity index (χ2v) is 8.09. The highest BCUT2D eigenvalue weighted by Gasteiger charge is 2.10. The first kappa shape index (κ1) is 14.7. The van der Waals surface area contributed by atoms with Crippen molar-refractivity contribution in [2.45, 2.75) is 20.4 Å². The maximum absolute atomic E-state index is 12.3. The smallest absolute Gasteiger partial charge is 0.289 e. The third kappa shape index (κ3) is 2.88. The predicted molar refractivity (Wildman–Crippen MR) is 92.1 cm³/mol. The van der Waals surface area contributed by atoms with Crippen LogP contribution in [0.25, 0.3) is 10.2 Å². The van der Waals surface area contributed by atoms with E-state index in [-0.39, 0.29) is 5.91 Å². The third-order valence-electron chi connectivity index (χ3n) is 3.14. The number of carbonyl (C=O) groups is 1. The summed E-state index contributed by atoms with van der Waals surface area (Å²) in [5.74, 6) is -0.184. The minimum absolute atomic E-state index is 0.184. The number of aryl methyl sites for hydroxylation is 2. The molecule has 3 rings (SSSR count). The van der Waals surface area contributed by atoms with Crippen LogP contribution in [0.4, 0.5) is 0 Å². The van der Waals surface area contributed by atoms with Gasteiger partial charge in [-0.05, 0) is 59.6 Å². The SMILES string of the molecule is CCn1c(=NC(=O)c2ccc(Br)s2)sc2cc(C)ccc21. The lowest BCUT2D eigenvalue weighted by Crippen LogP contribution is -2.15. The van der Waals surface area contributed by atoms with Gasteiger partial charge in [-0.15, -0.1) is 11.3 Å². The molecule has 0 unspecified atom stereocenters. The first-order valence-corrected chi connectivity index (χ1v) is 8.95. The van der Waals surface area contributed by atoms with Gasteiger partial charge in [0.2, 0.25) is 0 Å². The van der Waals surface area contributed by atoms with E-state index in [2.05, 4.69) is 57.5 Å². The van der Waals surface area contributed by atoms with Crippen LogP contribution < -0.4 is 4.80 Å². The number of hydrogen-bond acceptors (Lipinski definition) is 3. The largest absolute Gasteiger partial charge is 0.317 e. The summed E-state index contributed by atoms with van der Waals surface area (Å²) >= 11 is 6.34. The Labute approximate surface area is 138 Å².